The largest absolute Gasteiger partial charge is 0.395 e. The molecular formula is C13H21FN2O. The van der Waals surface area contributed by atoms with Crippen molar-refractivity contribution in [1.82, 2.24) is 5.32 Å². The number of nitrogens with zero attached hydrogens (tertiary/aromatic N) is 1. The summed E-state index contributed by atoms with van der Waals surface area (Å²) in [6.07, 6.45) is 0. The Balaban J connectivity index is 3.18. The predicted octanol–water partition coefficient (Wildman–Crippen LogP) is 1.92. The van der Waals surface area contributed by atoms with Crippen LogP contribution < -0.4 is 10.2 Å². The third-order valence-electron chi connectivity index (χ3n) is 2.99. The molecule has 0 aromatic heterocycles. The minimum atomic E-state index is -0.236. The second-order valence-corrected chi connectivity index (χ2v) is 3.99. The molecule has 0 amide bonds. The quantitative estimate of drug-likeness (QED) is 0.797. The normalized spacial score (nSPS) is 12.5. The maximum atomic E-state index is 14.0. The number of hydrogen-bond acceptors (Lipinski definition) is 3. The van der Waals surface area contributed by atoms with Gasteiger partial charge in [0.1, 0.15) is 5.82 Å². The summed E-state index contributed by atoms with van der Waals surface area (Å²) in [7, 11) is 1.85. The Morgan fingerprint density at radius 3 is 2.71 bits per heavy atom. The second-order valence-electron chi connectivity index (χ2n) is 3.99. The highest BCUT2D eigenvalue weighted by molar-refractivity contribution is 5.56. The lowest BCUT2D eigenvalue weighted by Crippen LogP contribution is -2.29. The van der Waals surface area contributed by atoms with Crippen molar-refractivity contribution >= 4 is 5.69 Å². The molecule has 0 fully saturated rings. The molecule has 1 atom stereocenters. The second kappa shape index (κ2) is 6.57. The average Bonchev–Trinajstić information content (AvgIpc) is 2.35. The Morgan fingerprint density at radius 2 is 2.18 bits per heavy atom. The molecule has 0 heterocycles. The van der Waals surface area contributed by atoms with E-state index in [1.165, 1.54) is 6.07 Å². The van der Waals surface area contributed by atoms with Gasteiger partial charge in [0.15, 0.2) is 0 Å². The lowest BCUT2D eigenvalue weighted by molar-refractivity contribution is 0.302. The highest BCUT2D eigenvalue weighted by Gasteiger charge is 2.17. The monoisotopic (exact) mass is 240 g/mol. The molecule has 0 radical (unpaired) electrons. The van der Waals surface area contributed by atoms with Gasteiger partial charge in [-0.15, -0.1) is 0 Å². The van der Waals surface area contributed by atoms with Crippen molar-refractivity contribution in [2.75, 3.05) is 31.6 Å². The fourth-order valence-electron chi connectivity index (χ4n) is 1.92. The molecule has 0 aliphatic carbocycles. The Kier molecular flexibility index (Phi) is 5.38. The first-order valence-electron chi connectivity index (χ1n) is 5.97. The molecule has 1 aromatic carbocycles. The molecule has 3 nitrogen and oxygen atoms in total. The molecule has 96 valence electrons. The van der Waals surface area contributed by atoms with Gasteiger partial charge in [0.05, 0.1) is 12.3 Å². The van der Waals surface area contributed by atoms with Crippen LogP contribution in [0.3, 0.4) is 0 Å². The Bertz CT molecular complexity index is 357. The number of hydrogen-bond donors (Lipinski definition) is 2. The molecular weight excluding hydrogens is 219 g/mol. The Labute approximate surface area is 102 Å². The van der Waals surface area contributed by atoms with Crippen LogP contribution in [0.15, 0.2) is 18.2 Å². The molecule has 1 rings (SSSR count). The molecule has 0 bridgehead atoms. The molecule has 0 aliphatic rings. The van der Waals surface area contributed by atoms with E-state index in [0.717, 1.165) is 5.56 Å². The number of rotatable bonds is 6. The van der Waals surface area contributed by atoms with Crippen molar-refractivity contribution in [2.45, 2.75) is 19.9 Å². The van der Waals surface area contributed by atoms with E-state index in [-0.39, 0.29) is 18.5 Å². The third-order valence-corrected chi connectivity index (χ3v) is 2.99. The van der Waals surface area contributed by atoms with Crippen molar-refractivity contribution in [3.05, 3.63) is 29.6 Å². The number of aliphatic hydroxyl groups excluding tert-OH is 1. The Morgan fingerprint density at radius 1 is 1.47 bits per heavy atom. The lowest BCUT2D eigenvalue weighted by atomic mass is 10.0. The van der Waals surface area contributed by atoms with E-state index in [2.05, 4.69) is 5.32 Å². The van der Waals surface area contributed by atoms with Gasteiger partial charge in [-0.25, -0.2) is 4.39 Å². The first kappa shape index (κ1) is 13.9. The minimum Gasteiger partial charge on any atom is -0.395 e. The summed E-state index contributed by atoms with van der Waals surface area (Å²) in [5.41, 5.74) is 1.51. The topological polar surface area (TPSA) is 35.5 Å². The van der Waals surface area contributed by atoms with Crippen LogP contribution in [0, 0.1) is 5.82 Å². The van der Waals surface area contributed by atoms with E-state index < -0.39 is 0 Å². The molecule has 0 saturated carbocycles. The van der Waals surface area contributed by atoms with E-state index in [1.54, 1.807) is 6.07 Å². The van der Waals surface area contributed by atoms with Gasteiger partial charge >= 0.3 is 0 Å². The van der Waals surface area contributed by atoms with E-state index in [4.69, 9.17) is 5.11 Å². The van der Waals surface area contributed by atoms with Gasteiger partial charge < -0.3 is 15.3 Å². The van der Waals surface area contributed by atoms with Crippen LogP contribution in [0.5, 0.6) is 0 Å². The van der Waals surface area contributed by atoms with Gasteiger partial charge in [0.25, 0.3) is 0 Å². The van der Waals surface area contributed by atoms with Gasteiger partial charge in [-0.1, -0.05) is 12.1 Å². The van der Waals surface area contributed by atoms with Gasteiger partial charge in [-0.05, 0) is 32.5 Å². The SMILES string of the molecule is CCN(CCO)c1c(F)cccc1C(C)NC. The number of benzene rings is 1. The van der Waals surface area contributed by atoms with Crippen molar-refractivity contribution < 1.29 is 9.50 Å². The number of anilines is 1. The van der Waals surface area contributed by atoms with Gasteiger partial charge in [-0.3, -0.25) is 0 Å². The molecule has 1 unspecified atom stereocenters. The number of aliphatic hydroxyl groups is 1. The highest BCUT2D eigenvalue weighted by atomic mass is 19.1. The first-order valence-corrected chi connectivity index (χ1v) is 5.97. The van der Waals surface area contributed by atoms with Crippen LogP contribution >= 0.6 is 0 Å². The summed E-state index contributed by atoms with van der Waals surface area (Å²) >= 11 is 0. The zero-order valence-corrected chi connectivity index (χ0v) is 10.7. The highest BCUT2D eigenvalue weighted by Crippen LogP contribution is 2.28. The average molecular weight is 240 g/mol. The van der Waals surface area contributed by atoms with Crippen LogP contribution in [0.2, 0.25) is 0 Å². The van der Waals surface area contributed by atoms with Crippen molar-refractivity contribution in [3.63, 3.8) is 0 Å². The molecule has 17 heavy (non-hydrogen) atoms. The lowest BCUT2D eigenvalue weighted by Gasteiger charge is -2.27. The van der Waals surface area contributed by atoms with E-state index in [0.29, 0.717) is 18.8 Å². The zero-order chi connectivity index (χ0) is 12.8. The van der Waals surface area contributed by atoms with Crippen molar-refractivity contribution in [2.24, 2.45) is 0 Å². The number of halogens is 1. The van der Waals surface area contributed by atoms with Gasteiger partial charge in [0, 0.05) is 19.1 Å². The number of para-hydroxylation sites is 1. The fourth-order valence-corrected chi connectivity index (χ4v) is 1.92. The summed E-state index contributed by atoms with van der Waals surface area (Å²) in [6.45, 7) is 5.09. The van der Waals surface area contributed by atoms with Crippen molar-refractivity contribution in [1.29, 1.82) is 0 Å². The summed E-state index contributed by atoms with van der Waals surface area (Å²) < 4.78 is 14.0. The smallest absolute Gasteiger partial charge is 0.146 e. The maximum absolute atomic E-state index is 14.0. The van der Waals surface area contributed by atoms with Crippen LogP contribution in [-0.4, -0.2) is 31.9 Å². The molecule has 0 saturated heterocycles. The van der Waals surface area contributed by atoms with Gasteiger partial charge in [-0.2, -0.15) is 0 Å². The zero-order valence-electron chi connectivity index (χ0n) is 10.7. The van der Waals surface area contributed by atoms with Crippen molar-refractivity contribution in [3.8, 4) is 0 Å². The van der Waals surface area contributed by atoms with Crippen LogP contribution in [0.4, 0.5) is 10.1 Å². The Hall–Kier alpha value is -1.13. The van der Waals surface area contributed by atoms with E-state index >= 15 is 0 Å². The van der Waals surface area contributed by atoms with Crippen LogP contribution in [0.1, 0.15) is 25.5 Å². The van der Waals surface area contributed by atoms with E-state index in [9.17, 15) is 4.39 Å². The van der Waals surface area contributed by atoms with Crippen LogP contribution in [-0.2, 0) is 0 Å². The molecule has 0 aliphatic heterocycles. The van der Waals surface area contributed by atoms with Gasteiger partial charge in [0.2, 0.25) is 0 Å². The first-order chi connectivity index (χ1) is 8.15. The fraction of sp³-hybridized carbons (Fsp3) is 0.538. The third kappa shape index (κ3) is 3.17. The van der Waals surface area contributed by atoms with Crippen LogP contribution in [0.25, 0.3) is 0 Å². The molecule has 4 heteroatoms. The standard InChI is InChI=1S/C13H21FN2O/c1-4-16(8-9-17)13-11(10(2)15-3)6-5-7-12(13)14/h5-7,10,15,17H,4,8-9H2,1-3H3. The number of likely N-dealkylation sites (N-methyl/N-ethyl adjacent to an activating group) is 1. The molecule has 2 N–H and O–H groups in total. The predicted molar refractivity (Wildman–Crippen MR) is 68.8 cm³/mol. The van der Waals surface area contributed by atoms with E-state index in [1.807, 2.05) is 31.9 Å². The minimum absolute atomic E-state index is 0.0234. The maximum Gasteiger partial charge on any atom is 0.146 e. The number of nitrogens with one attached hydrogen (secondary N) is 1. The summed E-state index contributed by atoms with van der Waals surface area (Å²) in [5, 5.41) is 12.1. The summed E-state index contributed by atoms with van der Waals surface area (Å²) in [5.74, 6) is -0.236. The summed E-state index contributed by atoms with van der Waals surface area (Å²) in [4.78, 5) is 1.86. The molecule has 1 aromatic rings. The summed E-state index contributed by atoms with van der Waals surface area (Å²) in [6, 6.07) is 5.17. The molecule has 0 spiro atoms.